The van der Waals surface area contributed by atoms with Crippen LogP contribution in [0.15, 0.2) is 30.5 Å². The number of rotatable bonds is 3. The van der Waals surface area contributed by atoms with Gasteiger partial charge in [0.1, 0.15) is 0 Å². The number of aldehydes is 1. The Morgan fingerprint density at radius 2 is 2.00 bits per heavy atom. The first kappa shape index (κ1) is 14.9. The van der Waals surface area contributed by atoms with Gasteiger partial charge in [-0.1, -0.05) is 39.0 Å². The molecule has 1 aromatic heterocycles. The molecule has 2 aromatic rings. The molecule has 3 nitrogen and oxygen atoms in total. The van der Waals surface area contributed by atoms with Gasteiger partial charge >= 0.3 is 0 Å². The van der Waals surface area contributed by atoms with Gasteiger partial charge in [0.15, 0.2) is 6.29 Å². The first-order valence-electron chi connectivity index (χ1n) is 8.66. The fourth-order valence-electron chi connectivity index (χ4n) is 5.42. The third-order valence-electron chi connectivity index (χ3n) is 5.80. The Morgan fingerprint density at radius 1 is 1.22 bits per heavy atom. The maximum absolute atomic E-state index is 11.4. The molecule has 0 N–H and O–H groups in total. The average molecular weight is 310 g/mol. The fraction of sp³-hybridized carbons (Fsp3) is 0.550. The lowest BCUT2D eigenvalue weighted by atomic mass is 9.65. The molecule has 1 aliphatic carbocycles. The van der Waals surface area contributed by atoms with Crippen molar-refractivity contribution in [2.45, 2.75) is 52.7 Å². The van der Waals surface area contributed by atoms with E-state index in [2.05, 4.69) is 42.4 Å². The minimum absolute atomic E-state index is 0.444. The summed E-state index contributed by atoms with van der Waals surface area (Å²) >= 11 is 0. The van der Waals surface area contributed by atoms with E-state index in [9.17, 15) is 4.79 Å². The van der Waals surface area contributed by atoms with Crippen molar-refractivity contribution >= 4 is 17.2 Å². The number of hydrogen-bond donors (Lipinski definition) is 0. The highest BCUT2D eigenvalue weighted by atomic mass is 16.1. The van der Waals surface area contributed by atoms with Crippen LogP contribution in [0.5, 0.6) is 0 Å². The molecule has 2 bridgehead atoms. The molecule has 1 saturated heterocycles. The van der Waals surface area contributed by atoms with Crippen molar-refractivity contribution in [1.29, 1.82) is 0 Å². The normalized spacial score (nSPS) is 30.0. The lowest BCUT2D eigenvalue weighted by Crippen LogP contribution is -2.35. The van der Waals surface area contributed by atoms with E-state index in [0.717, 1.165) is 23.9 Å². The Hall–Kier alpha value is -1.61. The molecule has 2 heterocycles. The van der Waals surface area contributed by atoms with Crippen molar-refractivity contribution < 1.29 is 4.79 Å². The lowest BCUT2D eigenvalue weighted by molar-refractivity contribution is 0.112. The van der Waals surface area contributed by atoms with Crippen LogP contribution in [0, 0.1) is 10.8 Å². The minimum Gasteiger partial charge on any atom is -0.333 e. The predicted molar refractivity (Wildman–Crippen MR) is 93.6 cm³/mol. The summed E-state index contributed by atoms with van der Waals surface area (Å²) in [5.74, 6) is 0. The predicted octanol–water partition coefficient (Wildman–Crippen LogP) is 4.31. The first-order valence-corrected chi connectivity index (χ1v) is 8.66. The van der Waals surface area contributed by atoms with Crippen molar-refractivity contribution in [2.24, 2.45) is 10.8 Å². The molecule has 122 valence electrons. The molecule has 2 aliphatic rings. The van der Waals surface area contributed by atoms with Crippen LogP contribution in [0.25, 0.3) is 10.9 Å². The number of fused-ring (bicyclic) bond motifs is 3. The van der Waals surface area contributed by atoms with Crippen molar-refractivity contribution in [1.82, 2.24) is 9.47 Å². The Balaban J connectivity index is 1.66. The van der Waals surface area contributed by atoms with Crippen LogP contribution in [0.1, 0.15) is 50.4 Å². The molecule has 0 spiro atoms. The summed E-state index contributed by atoms with van der Waals surface area (Å²) in [7, 11) is 0. The molecule has 2 fully saturated rings. The second-order valence-corrected chi connectivity index (χ2v) is 8.79. The molecule has 0 amide bonds. The number of carbonyl (C=O) groups excluding carboxylic acids is 1. The highest BCUT2D eigenvalue weighted by molar-refractivity contribution is 5.97. The fourth-order valence-corrected chi connectivity index (χ4v) is 5.42. The maximum Gasteiger partial charge on any atom is 0.152 e. The molecule has 1 saturated carbocycles. The molecular formula is C20H26N2O. The molecule has 0 radical (unpaired) electrons. The monoisotopic (exact) mass is 310 g/mol. The standard InChI is InChI=1S/C20H26N2O/c1-19(2)8-16-9-20(3,12-19)13-22(16)14-21-10-15(11-23)17-6-4-5-7-18(17)21/h4-7,10-11,16H,8-9,12-14H2,1-3H3. The summed E-state index contributed by atoms with van der Waals surface area (Å²) in [6, 6.07) is 8.90. The van der Waals surface area contributed by atoms with E-state index in [0.29, 0.717) is 16.9 Å². The second kappa shape index (κ2) is 4.94. The van der Waals surface area contributed by atoms with Crippen LogP contribution in [0.4, 0.5) is 0 Å². The molecule has 1 aliphatic heterocycles. The van der Waals surface area contributed by atoms with Gasteiger partial charge < -0.3 is 4.57 Å². The van der Waals surface area contributed by atoms with Crippen molar-refractivity contribution in [2.75, 3.05) is 6.54 Å². The van der Waals surface area contributed by atoms with E-state index < -0.39 is 0 Å². The van der Waals surface area contributed by atoms with Gasteiger partial charge in [-0.3, -0.25) is 9.69 Å². The minimum atomic E-state index is 0.444. The first-order chi connectivity index (χ1) is 10.9. The Morgan fingerprint density at radius 3 is 2.78 bits per heavy atom. The Kier molecular flexibility index (Phi) is 3.21. The zero-order chi connectivity index (χ0) is 16.2. The van der Waals surface area contributed by atoms with Crippen molar-refractivity contribution in [3.05, 3.63) is 36.0 Å². The molecule has 1 aromatic carbocycles. The lowest BCUT2D eigenvalue weighted by Gasteiger charge is -2.40. The van der Waals surface area contributed by atoms with Crippen LogP contribution >= 0.6 is 0 Å². The molecule has 3 heteroatoms. The van der Waals surface area contributed by atoms with Crippen molar-refractivity contribution in [3.8, 4) is 0 Å². The molecule has 2 unspecified atom stereocenters. The third-order valence-corrected chi connectivity index (χ3v) is 5.80. The van der Waals surface area contributed by atoms with Gasteiger partial charge in [0.25, 0.3) is 0 Å². The van der Waals surface area contributed by atoms with Gasteiger partial charge in [0.05, 0.1) is 6.67 Å². The van der Waals surface area contributed by atoms with Crippen LogP contribution in [-0.4, -0.2) is 28.3 Å². The summed E-state index contributed by atoms with van der Waals surface area (Å²) in [6.07, 6.45) is 6.91. The highest BCUT2D eigenvalue weighted by Gasteiger charge is 2.49. The van der Waals surface area contributed by atoms with Gasteiger partial charge in [-0.05, 0) is 36.2 Å². The summed E-state index contributed by atoms with van der Waals surface area (Å²) in [4.78, 5) is 14.0. The summed E-state index contributed by atoms with van der Waals surface area (Å²) in [6.45, 7) is 9.34. The van der Waals surface area contributed by atoms with Crippen LogP contribution in [0.3, 0.4) is 0 Å². The number of carbonyl (C=O) groups is 1. The van der Waals surface area contributed by atoms with Crippen LogP contribution in [-0.2, 0) is 6.67 Å². The van der Waals surface area contributed by atoms with Gasteiger partial charge in [-0.15, -0.1) is 0 Å². The SMILES string of the molecule is CC1(C)CC2CC(C)(CN2Cn2cc(C=O)c3ccccc32)C1. The molecule has 2 atom stereocenters. The summed E-state index contributed by atoms with van der Waals surface area (Å²) in [5.41, 5.74) is 2.86. The van der Waals surface area contributed by atoms with E-state index in [1.54, 1.807) is 0 Å². The Labute approximate surface area is 138 Å². The molecular weight excluding hydrogens is 284 g/mol. The zero-order valence-electron chi connectivity index (χ0n) is 14.4. The van der Waals surface area contributed by atoms with Gasteiger partial charge in [-0.2, -0.15) is 0 Å². The van der Waals surface area contributed by atoms with E-state index >= 15 is 0 Å². The number of benzene rings is 1. The van der Waals surface area contributed by atoms with Gasteiger partial charge in [0, 0.05) is 35.2 Å². The second-order valence-electron chi connectivity index (χ2n) is 8.79. The maximum atomic E-state index is 11.4. The van der Waals surface area contributed by atoms with E-state index in [1.165, 1.54) is 31.3 Å². The largest absolute Gasteiger partial charge is 0.333 e. The molecule has 4 rings (SSSR count). The number of para-hydroxylation sites is 1. The van der Waals surface area contributed by atoms with Gasteiger partial charge in [-0.25, -0.2) is 0 Å². The van der Waals surface area contributed by atoms with Crippen LogP contribution in [0.2, 0.25) is 0 Å². The summed E-state index contributed by atoms with van der Waals surface area (Å²) < 4.78 is 2.26. The number of hydrogen-bond acceptors (Lipinski definition) is 2. The quantitative estimate of drug-likeness (QED) is 0.789. The third kappa shape index (κ3) is 2.51. The van der Waals surface area contributed by atoms with E-state index in [-0.39, 0.29) is 0 Å². The van der Waals surface area contributed by atoms with Crippen molar-refractivity contribution in [3.63, 3.8) is 0 Å². The number of aromatic nitrogens is 1. The smallest absolute Gasteiger partial charge is 0.152 e. The zero-order valence-corrected chi connectivity index (χ0v) is 14.4. The van der Waals surface area contributed by atoms with Crippen LogP contribution < -0.4 is 0 Å². The molecule has 23 heavy (non-hydrogen) atoms. The average Bonchev–Trinajstić information content (AvgIpc) is 2.93. The van der Waals surface area contributed by atoms with E-state index in [1.807, 2.05) is 18.3 Å². The Bertz CT molecular complexity index is 760. The van der Waals surface area contributed by atoms with Gasteiger partial charge in [0.2, 0.25) is 0 Å². The highest BCUT2D eigenvalue weighted by Crippen LogP contribution is 2.52. The number of likely N-dealkylation sites (tertiary alicyclic amines) is 1. The number of nitrogens with zero attached hydrogens (tertiary/aromatic N) is 2. The van der Waals surface area contributed by atoms with E-state index in [4.69, 9.17) is 0 Å². The summed E-state index contributed by atoms with van der Waals surface area (Å²) in [5, 5.41) is 1.07. The topological polar surface area (TPSA) is 25.2 Å².